The average Bonchev–Trinajstić information content (AvgIpc) is 3.26. The maximum absolute atomic E-state index is 13.5. The highest BCUT2D eigenvalue weighted by atomic mass is 127. The summed E-state index contributed by atoms with van der Waals surface area (Å²) in [5, 5.41) is -5.82. The number of esters is 1. The number of fused-ring (bicyclic) bond motifs is 4. The summed E-state index contributed by atoms with van der Waals surface area (Å²) in [6, 6.07) is 3.81. The second-order valence-electron chi connectivity index (χ2n) is 7.88. The Bertz CT molecular complexity index is 1090. The average molecular weight is 721 g/mol. The minimum absolute atomic E-state index is 0.0990. The third-order valence-electron chi connectivity index (χ3n) is 5.79. The summed E-state index contributed by atoms with van der Waals surface area (Å²) in [6.07, 6.45) is -2.90. The smallest absolute Gasteiger partial charge is 0.396 e. The summed E-state index contributed by atoms with van der Waals surface area (Å²) in [4.78, 5) is 12.3. The molecule has 4 unspecified atom stereocenters. The lowest BCUT2D eigenvalue weighted by atomic mass is 9.84. The van der Waals surface area contributed by atoms with Gasteiger partial charge in [0, 0.05) is 19.1 Å². The van der Waals surface area contributed by atoms with Crippen molar-refractivity contribution in [2.45, 2.75) is 55.0 Å². The zero-order valence-corrected chi connectivity index (χ0v) is 21.5. The number of halogens is 6. The van der Waals surface area contributed by atoms with Crippen LogP contribution in [-0.4, -0.2) is 54.7 Å². The standard InChI is InChI=1S/C18H16F4I2O8S/c19-17(20,18(21,22)33(26,27)28)1-2-29-15(25)9-4-14-16(6-13(9)31-14)30-7-8-3-10(23)11(24)5-12(8)32-16/h3,5,9,13-14H,1-2,4,6-7H2,(H,26,27,28)/p-1. The van der Waals surface area contributed by atoms with Gasteiger partial charge in [-0.25, -0.2) is 8.42 Å². The van der Waals surface area contributed by atoms with E-state index in [4.69, 9.17) is 14.2 Å². The summed E-state index contributed by atoms with van der Waals surface area (Å²) in [6.45, 7) is -0.927. The fourth-order valence-corrected chi connectivity index (χ4v) is 5.48. The molecular weight excluding hydrogens is 706 g/mol. The predicted octanol–water partition coefficient (Wildman–Crippen LogP) is 3.39. The maximum atomic E-state index is 13.5. The van der Waals surface area contributed by atoms with Crippen molar-refractivity contribution >= 4 is 61.3 Å². The summed E-state index contributed by atoms with van der Waals surface area (Å²) in [7, 11) is -6.60. The fraction of sp³-hybridized carbons (Fsp3) is 0.611. The molecule has 0 radical (unpaired) electrons. The molecule has 15 heteroatoms. The van der Waals surface area contributed by atoms with E-state index in [1.807, 2.05) is 12.1 Å². The van der Waals surface area contributed by atoms with E-state index in [0.29, 0.717) is 5.75 Å². The van der Waals surface area contributed by atoms with Crippen molar-refractivity contribution < 1.29 is 54.3 Å². The van der Waals surface area contributed by atoms with E-state index < -0.39 is 64.2 Å². The fourth-order valence-electron chi connectivity index (χ4n) is 4.04. The molecule has 1 aromatic rings. The molecule has 1 aromatic carbocycles. The lowest BCUT2D eigenvalue weighted by Gasteiger charge is -2.40. The van der Waals surface area contributed by atoms with Crippen LogP contribution in [0.4, 0.5) is 17.6 Å². The Labute approximate surface area is 212 Å². The van der Waals surface area contributed by atoms with E-state index >= 15 is 0 Å². The molecule has 0 saturated carbocycles. The SMILES string of the molecule is O=C(OCCC(F)(F)C(F)(F)S(=O)(=O)[O-])C1CC2OC1CC21OCc2cc(I)c(I)cc2O1. The molecule has 2 fully saturated rings. The predicted molar refractivity (Wildman–Crippen MR) is 117 cm³/mol. The number of hydrogen-bond donors (Lipinski definition) is 0. The van der Waals surface area contributed by atoms with Gasteiger partial charge in [-0.05, 0) is 63.7 Å². The monoisotopic (exact) mass is 721 g/mol. The van der Waals surface area contributed by atoms with Crippen molar-refractivity contribution in [2.75, 3.05) is 6.61 Å². The first-order valence-corrected chi connectivity index (χ1v) is 13.1. The van der Waals surface area contributed by atoms with E-state index in [2.05, 4.69) is 49.9 Å². The number of ether oxygens (including phenoxy) is 4. The molecule has 1 spiro atoms. The summed E-state index contributed by atoms with van der Waals surface area (Å²) in [5.41, 5.74) is 0.863. The lowest BCUT2D eigenvalue weighted by Crippen LogP contribution is -2.52. The molecule has 0 N–H and O–H groups in total. The van der Waals surface area contributed by atoms with Crippen LogP contribution >= 0.6 is 45.2 Å². The molecule has 2 bridgehead atoms. The first-order valence-electron chi connectivity index (χ1n) is 9.51. The van der Waals surface area contributed by atoms with Gasteiger partial charge >= 0.3 is 17.1 Å². The van der Waals surface area contributed by atoms with Gasteiger partial charge in [0.25, 0.3) is 0 Å². The minimum atomic E-state index is -6.60. The first kappa shape index (κ1) is 25.6. The van der Waals surface area contributed by atoms with E-state index in [1.165, 1.54) is 0 Å². The number of carbonyl (C=O) groups excluding carboxylic acids is 1. The van der Waals surface area contributed by atoms with Crippen LogP contribution in [0.2, 0.25) is 0 Å². The highest BCUT2D eigenvalue weighted by Crippen LogP contribution is 2.51. The zero-order valence-electron chi connectivity index (χ0n) is 16.4. The number of alkyl halides is 4. The van der Waals surface area contributed by atoms with E-state index in [1.54, 1.807) is 0 Å². The zero-order chi connectivity index (χ0) is 24.4. The number of benzene rings is 1. The van der Waals surface area contributed by atoms with Gasteiger partial charge in [-0.1, -0.05) is 0 Å². The molecule has 3 heterocycles. The third kappa shape index (κ3) is 4.45. The highest BCUT2D eigenvalue weighted by molar-refractivity contribution is 14.1. The molecule has 184 valence electrons. The summed E-state index contributed by atoms with van der Waals surface area (Å²) < 4.78 is 109. The van der Waals surface area contributed by atoms with Gasteiger partial charge in [-0.15, -0.1) is 0 Å². The first-order chi connectivity index (χ1) is 15.2. The van der Waals surface area contributed by atoms with E-state index in [9.17, 15) is 35.3 Å². The molecule has 4 rings (SSSR count). The third-order valence-corrected chi connectivity index (χ3v) is 9.54. The van der Waals surface area contributed by atoms with Gasteiger partial charge in [0.1, 0.15) is 11.9 Å². The van der Waals surface area contributed by atoms with Gasteiger partial charge in [0.15, 0.2) is 10.1 Å². The van der Waals surface area contributed by atoms with E-state index in [-0.39, 0.29) is 19.4 Å². The van der Waals surface area contributed by atoms with Gasteiger partial charge in [0.05, 0.1) is 31.7 Å². The van der Waals surface area contributed by atoms with E-state index in [0.717, 1.165) is 12.7 Å². The van der Waals surface area contributed by atoms with Gasteiger partial charge in [0.2, 0.25) is 5.79 Å². The number of rotatable bonds is 6. The Morgan fingerprint density at radius 3 is 2.52 bits per heavy atom. The van der Waals surface area contributed by atoms with Crippen molar-refractivity contribution in [3.63, 3.8) is 0 Å². The van der Waals surface area contributed by atoms with Crippen LogP contribution in [0, 0.1) is 13.1 Å². The topological polar surface area (TPSA) is 111 Å². The second-order valence-corrected chi connectivity index (χ2v) is 11.6. The molecule has 0 aromatic heterocycles. The van der Waals surface area contributed by atoms with Gasteiger partial charge < -0.3 is 23.5 Å². The quantitative estimate of drug-likeness (QED) is 0.191. The molecular formula is C18H15F4I2O8S-. The molecule has 8 nitrogen and oxygen atoms in total. The molecule has 0 amide bonds. The second kappa shape index (κ2) is 8.56. The Balaban J connectivity index is 1.35. The molecule has 2 saturated heterocycles. The number of hydrogen-bond acceptors (Lipinski definition) is 8. The van der Waals surface area contributed by atoms with Crippen LogP contribution in [0.5, 0.6) is 5.75 Å². The molecule has 3 aliphatic heterocycles. The molecule has 33 heavy (non-hydrogen) atoms. The van der Waals surface area contributed by atoms with Crippen molar-refractivity contribution in [1.29, 1.82) is 0 Å². The molecule has 3 aliphatic rings. The summed E-state index contributed by atoms with van der Waals surface area (Å²) in [5.74, 6) is -7.49. The Hall–Kier alpha value is -0.500. The lowest BCUT2D eigenvalue weighted by molar-refractivity contribution is -0.232. The molecule has 4 atom stereocenters. The Morgan fingerprint density at radius 1 is 1.24 bits per heavy atom. The number of carbonyl (C=O) groups is 1. The Kier molecular flexibility index (Phi) is 6.64. The minimum Gasteiger partial charge on any atom is -0.743 e. The maximum Gasteiger partial charge on any atom is 0.396 e. The van der Waals surface area contributed by atoms with Crippen LogP contribution in [0.3, 0.4) is 0 Å². The van der Waals surface area contributed by atoms with Gasteiger partial charge in [-0.3, -0.25) is 4.79 Å². The summed E-state index contributed by atoms with van der Waals surface area (Å²) >= 11 is 4.37. The van der Waals surface area contributed by atoms with Crippen molar-refractivity contribution in [3.05, 3.63) is 24.8 Å². The van der Waals surface area contributed by atoms with Crippen LogP contribution in [0.25, 0.3) is 0 Å². The largest absolute Gasteiger partial charge is 0.743 e. The van der Waals surface area contributed by atoms with Crippen LogP contribution < -0.4 is 4.74 Å². The van der Waals surface area contributed by atoms with Crippen LogP contribution in [0.15, 0.2) is 12.1 Å². The Morgan fingerprint density at radius 2 is 1.91 bits per heavy atom. The van der Waals surface area contributed by atoms with Crippen molar-refractivity contribution in [1.82, 2.24) is 0 Å². The van der Waals surface area contributed by atoms with Crippen LogP contribution in [-0.2, 0) is 35.7 Å². The van der Waals surface area contributed by atoms with Gasteiger partial charge in [-0.2, -0.15) is 17.6 Å². The van der Waals surface area contributed by atoms with Crippen molar-refractivity contribution in [2.24, 2.45) is 5.92 Å². The van der Waals surface area contributed by atoms with Crippen LogP contribution in [0.1, 0.15) is 24.8 Å². The normalized spacial score (nSPS) is 29.1. The highest BCUT2D eigenvalue weighted by Gasteiger charge is 2.63. The molecule has 0 aliphatic carbocycles. The van der Waals surface area contributed by atoms with Crippen molar-refractivity contribution in [3.8, 4) is 5.75 Å².